The first-order valence-electron chi connectivity index (χ1n) is 10.3. The molecule has 2 nitrogen and oxygen atoms in total. The largest absolute Gasteiger partial charge is 0.349 e. The van der Waals surface area contributed by atoms with Gasteiger partial charge in [-0.1, -0.05) is 50.8 Å². The van der Waals surface area contributed by atoms with E-state index in [2.05, 4.69) is 26.1 Å². The van der Waals surface area contributed by atoms with Crippen LogP contribution in [0, 0.1) is 30.1 Å². The lowest BCUT2D eigenvalue weighted by Crippen LogP contribution is -2.50. The summed E-state index contributed by atoms with van der Waals surface area (Å²) in [7, 11) is 0. The van der Waals surface area contributed by atoms with Crippen molar-refractivity contribution >= 4 is 5.91 Å². The molecule has 5 atom stereocenters. The van der Waals surface area contributed by atoms with E-state index in [1.807, 2.05) is 31.2 Å². The third kappa shape index (κ3) is 4.27. The second-order valence-electron chi connectivity index (χ2n) is 9.26. The Labute approximate surface area is 153 Å². The first-order valence-corrected chi connectivity index (χ1v) is 10.3. The fourth-order valence-electron chi connectivity index (χ4n) is 5.50. The SMILES string of the molecule is Cc1cccc(C(=O)NC(C)C23CCC(C)CCC(CC(C)C2)C3)c1. The Balaban J connectivity index is 1.77. The summed E-state index contributed by atoms with van der Waals surface area (Å²) in [5, 5.41) is 3.38. The lowest BCUT2D eigenvalue weighted by Gasteiger charge is -2.49. The van der Waals surface area contributed by atoms with E-state index in [1.54, 1.807) is 0 Å². The molecule has 0 saturated heterocycles. The summed E-state index contributed by atoms with van der Waals surface area (Å²) in [6.07, 6.45) is 9.30. The Morgan fingerprint density at radius 2 is 1.96 bits per heavy atom. The predicted octanol–water partition coefficient (Wildman–Crippen LogP) is 5.75. The highest BCUT2D eigenvalue weighted by Gasteiger charge is 2.44. The molecule has 1 aromatic carbocycles. The number of carbonyl (C=O) groups excluding carboxylic acids is 1. The number of nitrogens with one attached hydrogen (secondary N) is 1. The van der Waals surface area contributed by atoms with E-state index in [4.69, 9.17) is 0 Å². The zero-order valence-electron chi connectivity index (χ0n) is 16.5. The monoisotopic (exact) mass is 341 g/mol. The maximum absolute atomic E-state index is 12.8. The van der Waals surface area contributed by atoms with Gasteiger partial charge in [-0.15, -0.1) is 0 Å². The first kappa shape index (κ1) is 18.5. The summed E-state index contributed by atoms with van der Waals surface area (Å²) in [4.78, 5) is 12.8. The molecule has 5 unspecified atom stereocenters. The van der Waals surface area contributed by atoms with Crippen LogP contribution in [0.25, 0.3) is 0 Å². The van der Waals surface area contributed by atoms with Crippen molar-refractivity contribution in [3.63, 3.8) is 0 Å². The molecule has 0 heterocycles. The van der Waals surface area contributed by atoms with E-state index in [1.165, 1.54) is 44.9 Å². The van der Waals surface area contributed by atoms with Crippen LogP contribution >= 0.6 is 0 Å². The fraction of sp³-hybridized carbons (Fsp3) is 0.696. The molecule has 0 spiro atoms. The Bertz CT molecular complexity index is 610. The van der Waals surface area contributed by atoms with Gasteiger partial charge in [0.2, 0.25) is 0 Å². The molecule has 0 radical (unpaired) electrons. The molecule has 1 aromatic rings. The van der Waals surface area contributed by atoms with Gasteiger partial charge in [-0.05, 0) is 74.8 Å². The minimum absolute atomic E-state index is 0.0930. The number of aryl methyl sites for hydroxylation is 1. The first-order chi connectivity index (χ1) is 11.9. The van der Waals surface area contributed by atoms with Crippen molar-refractivity contribution in [2.45, 2.75) is 78.7 Å². The highest BCUT2D eigenvalue weighted by molar-refractivity contribution is 5.94. The number of carbonyl (C=O) groups is 1. The third-order valence-electron chi connectivity index (χ3n) is 6.94. The number of hydrogen-bond acceptors (Lipinski definition) is 1. The fourth-order valence-corrected chi connectivity index (χ4v) is 5.50. The van der Waals surface area contributed by atoms with Gasteiger partial charge in [0, 0.05) is 11.6 Å². The van der Waals surface area contributed by atoms with E-state index in [9.17, 15) is 4.79 Å². The minimum Gasteiger partial charge on any atom is -0.349 e. The van der Waals surface area contributed by atoms with Gasteiger partial charge in [0.05, 0.1) is 0 Å². The summed E-state index contributed by atoms with van der Waals surface area (Å²) < 4.78 is 0. The lowest BCUT2D eigenvalue weighted by atomic mass is 9.58. The van der Waals surface area contributed by atoms with Gasteiger partial charge >= 0.3 is 0 Å². The molecule has 2 heteroatoms. The maximum atomic E-state index is 12.8. The van der Waals surface area contributed by atoms with Crippen molar-refractivity contribution in [2.75, 3.05) is 0 Å². The maximum Gasteiger partial charge on any atom is 0.251 e. The van der Waals surface area contributed by atoms with Crippen LogP contribution in [0.4, 0.5) is 0 Å². The highest BCUT2D eigenvalue weighted by atomic mass is 16.1. The standard InChI is InChI=1S/C23H35NO/c1-16-8-9-20-12-18(3)14-23(15-20,11-10-16)19(4)24-22(25)21-7-5-6-17(2)13-21/h5-7,13,16,18-20H,8-12,14-15H2,1-4H3,(H,24,25). The molecule has 25 heavy (non-hydrogen) atoms. The van der Waals surface area contributed by atoms with Crippen LogP contribution < -0.4 is 5.32 Å². The molecule has 0 aromatic heterocycles. The van der Waals surface area contributed by atoms with Gasteiger partial charge < -0.3 is 5.32 Å². The van der Waals surface area contributed by atoms with Crippen molar-refractivity contribution in [1.29, 1.82) is 0 Å². The molecule has 2 aliphatic carbocycles. The van der Waals surface area contributed by atoms with E-state index in [-0.39, 0.29) is 17.4 Å². The number of rotatable bonds is 3. The molecule has 2 saturated carbocycles. The quantitative estimate of drug-likeness (QED) is 0.745. The third-order valence-corrected chi connectivity index (χ3v) is 6.94. The van der Waals surface area contributed by atoms with Gasteiger partial charge in [-0.2, -0.15) is 0 Å². The van der Waals surface area contributed by atoms with E-state index >= 15 is 0 Å². The predicted molar refractivity (Wildman–Crippen MR) is 105 cm³/mol. The van der Waals surface area contributed by atoms with E-state index < -0.39 is 0 Å². The molecule has 1 N–H and O–H groups in total. The number of hydrogen-bond donors (Lipinski definition) is 1. The van der Waals surface area contributed by atoms with Gasteiger partial charge in [0.25, 0.3) is 5.91 Å². The number of benzene rings is 1. The van der Waals surface area contributed by atoms with Crippen LogP contribution in [-0.4, -0.2) is 11.9 Å². The van der Waals surface area contributed by atoms with Crippen LogP contribution in [0.3, 0.4) is 0 Å². The molecule has 3 rings (SSSR count). The summed E-state index contributed by atoms with van der Waals surface area (Å²) in [5.41, 5.74) is 2.23. The second kappa shape index (κ2) is 7.51. The van der Waals surface area contributed by atoms with Gasteiger partial charge in [0.1, 0.15) is 0 Å². The van der Waals surface area contributed by atoms with E-state index in [0.717, 1.165) is 28.9 Å². The van der Waals surface area contributed by atoms with Crippen molar-refractivity contribution < 1.29 is 4.79 Å². The Morgan fingerprint density at radius 1 is 1.16 bits per heavy atom. The summed E-state index contributed by atoms with van der Waals surface area (Å²) in [6, 6.07) is 8.19. The Morgan fingerprint density at radius 3 is 2.72 bits per heavy atom. The zero-order valence-corrected chi connectivity index (χ0v) is 16.5. The van der Waals surface area contributed by atoms with Crippen molar-refractivity contribution in [2.24, 2.45) is 23.2 Å². The van der Waals surface area contributed by atoms with Crippen molar-refractivity contribution in [1.82, 2.24) is 5.32 Å². The Hall–Kier alpha value is -1.31. The Kier molecular flexibility index (Phi) is 5.55. The number of amides is 1. The van der Waals surface area contributed by atoms with Crippen molar-refractivity contribution in [3.8, 4) is 0 Å². The number of fused-ring (bicyclic) bond motifs is 2. The van der Waals surface area contributed by atoms with Gasteiger partial charge in [-0.25, -0.2) is 0 Å². The van der Waals surface area contributed by atoms with Crippen LogP contribution in [0.1, 0.15) is 81.6 Å². The molecular weight excluding hydrogens is 306 g/mol. The van der Waals surface area contributed by atoms with E-state index in [0.29, 0.717) is 0 Å². The topological polar surface area (TPSA) is 29.1 Å². The molecule has 138 valence electrons. The molecule has 2 fully saturated rings. The lowest BCUT2D eigenvalue weighted by molar-refractivity contribution is 0.0285. The van der Waals surface area contributed by atoms with Crippen LogP contribution in [0.5, 0.6) is 0 Å². The normalized spacial score (nSPS) is 33.8. The van der Waals surface area contributed by atoms with Gasteiger partial charge in [0.15, 0.2) is 0 Å². The average Bonchev–Trinajstić information content (AvgIpc) is 2.56. The summed E-state index contributed by atoms with van der Waals surface area (Å²) in [5.74, 6) is 2.56. The summed E-state index contributed by atoms with van der Waals surface area (Å²) in [6.45, 7) is 9.13. The van der Waals surface area contributed by atoms with Crippen LogP contribution in [0.2, 0.25) is 0 Å². The second-order valence-corrected chi connectivity index (χ2v) is 9.26. The zero-order chi connectivity index (χ0) is 18.0. The molecule has 2 bridgehead atoms. The van der Waals surface area contributed by atoms with Gasteiger partial charge in [-0.3, -0.25) is 4.79 Å². The van der Waals surface area contributed by atoms with Crippen molar-refractivity contribution in [3.05, 3.63) is 35.4 Å². The molecule has 1 amide bonds. The molecule has 2 aliphatic rings. The molecular formula is C23H35NO. The molecule has 0 aliphatic heterocycles. The smallest absolute Gasteiger partial charge is 0.251 e. The average molecular weight is 342 g/mol. The highest BCUT2D eigenvalue weighted by Crippen LogP contribution is 2.51. The van der Waals surface area contributed by atoms with Crippen LogP contribution in [0.15, 0.2) is 24.3 Å². The minimum atomic E-state index is 0.0930. The summed E-state index contributed by atoms with van der Waals surface area (Å²) >= 11 is 0. The van der Waals surface area contributed by atoms with Crippen LogP contribution in [-0.2, 0) is 0 Å².